The minimum Gasteiger partial charge on any atom is -0.307 e. The molecular formula is C20H29N3O. The van der Waals surface area contributed by atoms with Crippen LogP contribution in [0.4, 0.5) is 5.69 Å². The van der Waals surface area contributed by atoms with E-state index in [9.17, 15) is 4.79 Å². The number of amides is 1. The van der Waals surface area contributed by atoms with Gasteiger partial charge < -0.3 is 9.80 Å². The van der Waals surface area contributed by atoms with Crippen LogP contribution in [0, 0.1) is 6.92 Å². The zero-order valence-electron chi connectivity index (χ0n) is 15.0. The van der Waals surface area contributed by atoms with Gasteiger partial charge in [-0.15, -0.1) is 0 Å². The molecule has 0 radical (unpaired) electrons. The van der Waals surface area contributed by atoms with Gasteiger partial charge in [0.1, 0.15) is 0 Å². The lowest BCUT2D eigenvalue weighted by Gasteiger charge is -2.37. The summed E-state index contributed by atoms with van der Waals surface area (Å²) in [6, 6.07) is 6.99. The predicted molar refractivity (Wildman–Crippen MR) is 97.6 cm³/mol. The summed E-state index contributed by atoms with van der Waals surface area (Å²) in [6.07, 6.45) is 4.87. The summed E-state index contributed by atoms with van der Waals surface area (Å²) in [5, 5.41) is 0. The second-order valence-corrected chi connectivity index (χ2v) is 7.89. The molecule has 1 amide bonds. The SMILES string of the molecule is Cc1ccc2c(c1)[C@@H]1CN(C)CC[C@@H]1N2C(=O)CN1CCCCC1. The van der Waals surface area contributed by atoms with Gasteiger partial charge in [0, 0.05) is 24.2 Å². The van der Waals surface area contributed by atoms with Crippen molar-refractivity contribution < 1.29 is 4.79 Å². The Bertz CT molecular complexity index is 623. The Morgan fingerprint density at radius 3 is 2.75 bits per heavy atom. The molecule has 2 fully saturated rings. The highest BCUT2D eigenvalue weighted by Crippen LogP contribution is 2.44. The van der Waals surface area contributed by atoms with E-state index in [2.05, 4.69) is 46.9 Å². The second kappa shape index (κ2) is 6.49. The molecular weight excluding hydrogens is 298 g/mol. The molecule has 0 aromatic heterocycles. The molecule has 0 unspecified atom stereocenters. The monoisotopic (exact) mass is 327 g/mol. The van der Waals surface area contributed by atoms with E-state index in [0.29, 0.717) is 24.4 Å². The van der Waals surface area contributed by atoms with Gasteiger partial charge in [-0.1, -0.05) is 24.1 Å². The van der Waals surface area contributed by atoms with Gasteiger partial charge in [0.15, 0.2) is 0 Å². The van der Waals surface area contributed by atoms with E-state index in [4.69, 9.17) is 0 Å². The Balaban J connectivity index is 1.60. The quantitative estimate of drug-likeness (QED) is 0.835. The number of carbonyl (C=O) groups is 1. The van der Waals surface area contributed by atoms with Crippen molar-refractivity contribution in [2.75, 3.05) is 44.7 Å². The predicted octanol–water partition coefficient (Wildman–Crippen LogP) is 2.62. The fraction of sp³-hybridized carbons (Fsp3) is 0.650. The average molecular weight is 327 g/mol. The van der Waals surface area contributed by atoms with E-state index in [1.54, 1.807) is 0 Å². The van der Waals surface area contributed by atoms with E-state index in [0.717, 1.165) is 32.6 Å². The van der Waals surface area contributed by atoms with E-state index in [-0.39, 0.29) is 0 Å². The Hall–Kier alpha value is -1.39. The molecule has 4 heteroatoms. The number of piperidine rings is 2. The minimum atomic E-state index is 0.305. The van der Waals surface area contributed by atoms with E-state index < -0.39 is 0 Å². The van der Waals surface area contributed by atoms with Crippen molar-refractivity contribution in [2.24, 2.45) is 0 Å². The Morgan fingerprint density at radius 2 is 1.96 bits per heavy atom. The normalized spacial score (nSPS) is 27.8. The van der Waals surface area contributed by atoms with Crippen LogP contribution in [-0.4, -0.2) is 61.5 Å². The molecule has 0 saturated carbocycles. The fourth-order valence-corrected chi connectivity index (χ4v) is 4.79. The lowest BCUT2D eigenvalue weighted by Crippen LogP contribution is -2.50. The Kier molecular flexibility index (Phi) is 4.35. The number of hydrogen-bond acceptors (Lipinski definition) is 3. The number of benzene rings is 1. The first kappa shape index (κ1) is 16.1. The maximum atomic E-state index is 13.2. The van der Waals surface area contributed by atoms with Gasteiger partial charge in [0.2, 0.25) is 5.91 Å². The van der Waals surface area contributed by atoms with E-state index in [1.807, 2.05) is 0 Å². The van der Waals surface area contributed by atoms with Crippen LogP contribution in [0.2, 0.25) is 0 Å². The first-order valence-corrected chi connectivity index (χ1v) is 9.47. The van der Waals surface area contributed by atoms with Crippen LogP contribution < -0.4 is 4.90 Å². The van der Waals surface area contributed by atoms with Gasteiger partial charge in [-0.05, 0) is 64.5 Å². The topological polar surface area (TPSA) is 26.8 Å². The third-order valence-electron chi connectivity index (χ3n) is 6.03. The first-order chi connectivity index (χ1) is 11.6. The smallest absolute Gasteiger partial charge is 0.241 e. The number of hydrogen-bond donors (Lipinski definition) is 0. The second-order valence-electron chi connectivity index (χ2n) is 7.89. The van der Waals surface area contributed by atoms with Crippen LogP contribution in [0.1, 0.15) is 42.7 Å². The summed E-state index contributed by atoms with van der Waals surface area (Å²) >= 11 is 0. The summed E-state index contributed by atoms with van der Waals surface area (Å²) < 4.78 is 0. The number of rotatable bonds is 2. The highest BCUT2D eigenvalue weighted by atomic mass is 16.2. The highest BCUT2D eigenvalue weighted by molar-refractivity contribution is 5.98. The summed E-state index contributed by atoms with van der Waals surface area (Å²) in [7, 11) is 2.20. The van der Waals surface area contributed by atoms with Gasteiger partial charge in [0.25, 0.3) is 0 Å². The number of nitrogens with zero attached hydrogens (tertiary/aromatic N) is 3. The number of likely N-dealkylation sites (N-methyl/N-ethyl adjacent to an activating group) is 1. The van der Waals surface area contributed by atoms with Crippen molar-refractivity contribution in [3.63, 3.8) is 0 Å². The zero-order chi connectivity index (χ0) is 16.7. The average Bonchev–Trinajstić information content (AvgIpc) is 2.89. The molecule has 0 spiro atoms. The lowest BCUT2D eigenvalue weighted by atomic mass is 9.89. The van der Waals surface area contributed by atoms with Crippen molar-refractivity contribution in [3.8, 4) is 0 Å². The number of anilines is 1. The van der Waals surface area contributed by atoms with Crippen LogP contribution in [0.15, 0.2) is 18.2 Å². The van der Waals surface area contributed by atoms with Crippen molar-refractivity contribution in [2.45, 2.75) is 44.6 Å². The standard InChI is InChI=1S/C20H29N3O/c1-15-6-7-18-16(12-15)17-13-21(2)11-8-19(17)23(18)20(24)14-22-9-4-3-5-10-22/h6-7,12,17,19H,3-5,8-11,13-14H2,1-2H3/t17-,19-/m0/s1. The summed E-state index contributed by atoms with van der Waals surface area (Å²) in [4.78, 5) is 20.1. The molecule has 4 nitrogen and oxygen atoms in total. The largest absolute Gasteiger partial charge is 0.307 e. The van der Waals surface area contributed by atoms with Gasteiger partial charge in [-0.25, -0.2) is 0 Å². The molecule has 3 aliphatic heterocycles. The van der Waals surface area contributed by atoms with Crippen LogP contribution in [0.25, 0.3) is 0 Å². The molecule has 24 heavy (non-hydrogen) atoms. The molecule has 4 rings (SSSR count). The fourth-order valence-electron chi connectivity index (χ4n) is 4.79. The van der Waals surface area contributed by atoms with Gasteiger partial charge in [-0.2, -0.15) is 0 Å². The molecule has 1 aromatic rings. The number of likely N-dealkylation sites (tertiary alicyclic amines) is 2. The number of carbonyl (C=O) groups excluding carboxylic acids is 1. The summed E-state index contributed by atoms with van der Waals surface area (Å²) in [5.41, 5.74) is 3.86. The van der Waals surface area contributed by atoms with Crippen molar-refractivity contribution in [3.05, 3.63) is 29.3 Å². The maximum Gasteiger partial charge on any atom is 0.241 e. The molecule has 2 saturated heterocycles. The van der Waals surface area contributed by atoms with Crippen LogP contribution >= 0.6 is 0 Å². The summed E-state index contributed by atoms with van der Waals surface area (Å²) in [6.45, 7) is 7.05. The van der Waals surface area contributed by atoms with Crippen molar-refractivity contribution in [1.29, 1.82) is 0 Å². The van der Waals surface area contributed by atoms with Gasteiger partial charge in [0.05, 0.1) is 6.54 Å². The van der Waals surface area contributed by atoms with Crippen molar-refractivity contribution in [1.82, 2.24) is 9.80 Å². The first-order valence-electron chi connectivity index (χ1n) is 9.47. The van der Waals surface area contributed by atoms with Crippen LogP contribution in [0.5, 0.6) is 0 Å². The van der Waals surface area contributed by atoms with E-state index >= 15 is 0 Å². The van der Waals surface area contributed by atoms with Crippen LogP contribution in [-0.2, 0) is 4.79 Å². The molecule has 0 N–H and O–H groups in total. The van der Waals surface area contributed by atoms with Gasteiger partial charge >= 0.3 is 0 Å². The van der Waals surface area contributed by atoms with Crippen molar-refractivity contribution >= 4 is 11.6 Å². The molecule has 0 aliphatic carbocycles. The third-order valence-corrected chi connectivity index (χ3v) is 6.03. The van der Waals surface area contributed by atoms with Crippen LogP contribution in [0.3, 0.4) is 0 Å². The minimum absolute atomic E-state index is 0.305. The maximum absolute atomic E-state index is 13.2. The van der Waals surface area contributed by atoms with E-state index in [1.165, 1.54) is 36.1 Å². The molecule has 2 atom stereocenters. The Labute approximate surface area is 145 Å². The zero-order valence-corrected chi connectivity index (χ0v) is 15.0. The molecule has 1 aromatic carbocycles. The molecule has 0 bridgehead atoms. The number of aryl methyl sites for hydroxylation is 1. The highest BCUT2D eigenvalue weighted by Gasteiger charge is 2.43. The summed E-state index contributed by atoms with van der Waals surface area (Å²) in [5.74, 6) is 0.781. The molecule has 130 valence electrons. The third kappa shape index (κ3) is 2.86. The Morgan fingerprint density at radius 1 is 1.17 bits per heavy atom. The number of fused-ring (bicyclic) bond motifs is 3. The molecule has 3 aliphatic rings. The molecule has 3 heterocycles. The van der Waals surface area contributed by atoms with Gasteiger partial charge in [-0.3, -0.25) is 9.69 Å². The lowest BCUT2D eigenvalue weighted by molar-refractivity contribution is -0.120.